The highest BCUT2D eigenvalue weighted by molar-refractivity contribution is 8.00. The number of alkyl halides is 3. The van der Waals surface area contributed by atoms with Crippen LogP contribution in [0.4, 0.5) is 13.2 Å². The molecule has 0 spiro atoms. The van der Waals surface area contributed by atoms with Gasteiger partial charge in [-0.2, -0.15) is 24.9 Å². The first-order valence-electron chi connectivity index (χ1n) is 6.03. The van der Waals surface area contributed by atoms with E-state index in [0.29, 0.717) is 5.25 Å². The van der Waals surface area contributed by atoms with E-state index in [-0.39, 0.29) is 6.04 Å². The fourth-order valence-corrected chi connectivity index (χ4v) is 3.53. The average molecular weight is 275 g/mol. The molecule has 2 rings (SSSR count). The monoisotopic (exact) mass is 275 g/mol. The Hall–Kier alpha value is -0.680. The van der Waals surface area contributed by atoms with Crippen molar-refractivity contribution in [1.82, 2.24) is 0 Å². The topological polar surface area (TPSA) is 26.0 Å². The lowest BCUT2D eigenvalue weighted by Gasteiger charge is -2.27. The van der Waals surface area contributed by atoms with Gasteiger partial charge >= 0.3 is 6.18 Å². The minimum absolute atomic E-state index is 0.169. The lowest BCUT2D eigenvalue weighted by Crippen LogP contribution is -2.26. The summed E-state index contributed by atoms with van der Waals surface area (Å²) >= 11 is 1.83. The molecular weight excluding hydrogens is 259 g/mol. The van der Waals surface area contributed by atoms with E-state index >= 15 is 0 Å². The highest BCUT2D eigenvalue weighted by Gasteiger charge is 2.30. The summed E-state index contributed by atoms with van der Waals surface area (Å²) in [6.45, 7) is 0. The molecule has 2 atom stereocenters. The molecule has 2 N–H and O–H groups in total. The molecule has 0 bridgehead atoms. The normalized spacial score (nSPS) is 22.8. The van der Waals surface area contributed by atoms with Crippen LogP contribution in [0, 0.1) is 0 Å². The zero-order valence-electron chi connectivity index (χ0n) is 9.91. The lowest BCUT2D eigenvalue weighted by atomic mass is 9.99. The molecule has 1 aliphatic rings. The van der Waals surface area contributed by atoms with Crippen LogP contribution < -0.4 is 5.73 Å². The van der Waals surface area contributed by atoms with Crippen LogP contribution in [0.15, 0.2) is 24.3 Å². The van der Waals surface area contributed by atoms with Crippen molar-refractivity contribution in [3.63, 3.8) is 0 Å². The number of halogens is 3. The molecule has 0 aliphatic carbocycles. The molecule has 0 amide bonds. The minimum atomic E-state index is -4.28. The molecule has 2 unspecified atom stereocenters. The molecule has 100 valence electrons. The Morgan fingerprint density at radius 1 is 1.17 bits per heavy atom. The van der Waals surface area contributed by atoms with Gasteiger partial charge in [-0.3, -0.25) is 0 Å². The molecule has 0 radical (unpaired) electrons. The van der Waals surface area contributed by atoms with Crippen molar-refractivity contribution in [2.75, 3.05) is 5.75 Å². The van der Waals surface area contributed by atoms with Crippen LogP contribution in [0.3, 0.4) is 0 Å². The van der Waals surface area contributed by atoms with Crippen molar-refractivity contribution in [3.8, 4) is 0 Å². The SMILES string of the molecule is NC(c1ccc(C(F)(F)F)cc1)C1CCCCS1. The lowest BCUT2D eigenvalue weighted by molar-refractivity contribution is -0.137. The van der Waals surface area contributed by atoms with E-state index < -0.39 is 11.7 Å². The highest BCUT2D eigenvalue weighted by atomic mass is 32.2. The molecule has 1 heterocycles. The number of thioether (sulfide) groups is 1. The fourth-order valence-electron chi connectivity index (χ4n) is 2.16. The van der Waals surface area contributed by atoms with Crippen LogP contribution >= 0.6 is 11.8 Å². The van der Waals surface area contributed by atoms with Gasteiger partial charge in [0.25, 0.3) is 0 Å². The molecule has 1 aromatic rings. The van der Waals surface area contributed by atoms with Gasteiger partial charge in [0.15, 0.2) is 0 Å². The number of benzene rings is 1. The molecular formula is C13H16F3NS. The van der Waals surface area contributed by atoms with Gasteiger partial charge in [0.1, 0.15) is 0 Å². The van der Waals surface area contributed by atoms with E-state index in [0.717, 1.165) is 36.3 Å². The number of hydrogen-bond donors (Lipinski definition) is 1. The second-order valence-electron chi connectivity index (χ2n) is 4.55. The Morgan fingerprint density at radius 2 is 1.83 bits per heavy atom. The second kappa shape index (κ2) is 5.53. The molecule has 18 heavy (non-hydrogen) atoms. The van der Waals surface area contributed by atoms with Crippen molar-refractivity contribution in [2.24, 2.45) is 5.73 Å². The average Bonchev–Trinajstić information content (AvgIpc) is 2.38. The Labute approximate surface area is 109 Å². The summed E-state index contributed by atoms with van der Waals surface area (Å²) in [5.74, 6) is 1.10. The second-order valence-corrected chi connectivity index (χ2v) is 5.90. The summed E-state index contributed by atoms with van der Waals surface area (Å²) in [5.41, 5.74) is 6.30. The number of hydrogen-bond acceptors (Lipinski definition) is 2. The molecule has 1 saturated heterocycles. The molecule has 1 aromatic carbocycles. The van der Waals surface area contributed by atoms with Gasteiger partial charge in [0.05, 0.1) is 5.56 Å². The molecule has 5 heteroatoms. The summed E-state index contributed by atoms with van der Waals surface area (Å²) in [4.78, 5) is 0. The zero-order chi connectivity index (χ0) is 13.2. The number of nitrogens with two attached hydrogens (primary N) is 1. The van der Waals surface area contributed by atoms with Gasteiger partial charge in [-0.05, 0) is 36.3 Å². The van der Waals surface area contributed by atoms with Crippen LogP contribution in [0.2, 0.25) is 0 Å². The Bertz CT molecular complexity index is 382. The summed E-state index contributed by atoms with van der Waals surface area (Å²) in [5, 5.41) is 0.329. The Kier molecular flexibility index (Phi) is 4.22. The fraction of sp³-hybridized carbons (Fsp3) is 0.538. The van der Waals surface area contributed by atoms with Gasteiger partial charge < -0.3 is 5.73 Å². The largest absolute Gasteiger partial charge is 0.416 e. The van der Waals surface area contributed by atoms with E-state index in [1.165, 1.54) is 18.6 Å². The maximum absolute atomic E-state index is 12.4. The zero-order valence-corrected chi connectivity index (χ0v) is 10.7. The van der Waals surface area contributed by atoms with Crippen molar-refractivity contribution in [2.45, 2.75) is 36.7 Å². The smallest absolute Gasteiger partial charge is 0.323 e. The van der Waals surface area contributed by atoms with E-state index in [9.17, 15) is 13.2 Å². The van der Waals surface area contributed by atoms with Crippen molar-refractivity contribution >= 4 is 11.8 Å². The highest BCUT2D eigenvalue weighted by Crippen LogP contribution is 2.35. The maximum Gasteiger partial charge on any atom is 0.416 e. The van der Waals surface area contributed by atoms with Crippen LogP contribution in [0.5, 0.6) is 0 Å². The number of rotatable bonds is 2. The predicted molar refractivity (Wildman–Crippen MR) is 68.5 cm³/mol. The molecule has 1 fully saturated rings. The Morgan fingerprint density at radius 3 is 2.33 bits per heavy atom. The van der Waals surface area contributed by atoms with Gasteiger partial charge in [0.2, 0.25) is 0 Å². The summed E-state index contributed by atoms with van der Waals surface area (Å²) in [7, 11) is 0. The quantitative estimate of drug-likeness (QED) is 0.883. The van der Waals surface area contributed by atoms with Gasteiger partial charge in [-0.15, -0.1) is 0 Å². The maximum atomic E-state index is 12.4. The van der Waals surface area contributed by atoms with Gasteiger partial charge in [-0.1, -0.05) is 18.6 Å². The molecule has 1 aliphatic heterocycles. The third-order valence-corrected chi connectivity index (χ3v) is 4.72. The summed E-state index contributed by atoms with van der Waals surface area (Å²) in [6, 6.07) is 5.06. The third-order valence-electron chi connectivity index (χ3n) is 3.24. The van der Waals surface area contributed by atoms with E-state index in [1.807, 2.05) is 11.8 Å². The summed E-state index contributed by atoms with van der Waals surface area (Å²) in [6.07, 6.45) is -0.859. The first-order valence-corrected chi connectivity index (χ1v) is 7.08. The molecule has 1 nitrogen and oxygen atoms in total. The van der Waals surface area contributed by atoms with Crippen LogP contribution in [-0.4, -0.2) is 11.0 Å². The van der Waals surface area contributed by atoms with Gasteiger partial charge in [-0.25, -0.2) is 0 Å². The molecule has 0 saturated carbocycles. The van der Waals surface area contributed by atoms with Crippen molar-refractivity contribution < 1.29 is 13.2 Å². The van der Waals surface area contributed by atoms with E-state index in [4.69, 9.17) is 5.73 Å². The summed E-state index contributed by atoms with van der Waals surface area (Å²) < 4.78 is 37.3. The third kappa shape index (κ3) is 3.20. The van der Waals surface area contributed by atoms with Crippen molar-refractivity contribution in [1.29, 1.82) is 0 Å². The van der Waals surface area contributed by atoms with E-state index in [1.54, 1.807) is 0 Å². The van der Waals surface area contributed by atoms with Crippen LogP contribution in [0.1, 0.15) is 36.4 Å². The van der Waals surface area contributed by atoms with Crippen LogP contribution in [0.25, 0.3) is 0 Å². The van der Waals surface area contributed by atoms with Gasteiger partial charge in [0, 0.05) is 11.3 Å². The standard InChI is InChI=1S/C13H16F3NS/c14-13(15,16)10-6-4-9(5-7-10)12(17)11-3-1-2-8-18-11/h4-7,11-12H,1-3,8,17H2. The van der Waals surface area contributed by atoms with E-state index in [2.05, 4.69) is 0 Å². The predicted octanol–water partition coefficient (Wildman–Crippen LogP) is 3.99. The van der Waals surface area contributed by atoms with Crippen molar-refractivity contribution in [3.05, 3.63) is 35.4 Å². The van der Waals surface area contributed by atoms with Crippen LogP contribution in [-0.2, 0) is 6.18 Å². The molecule has 0 aromatic heterocycles. The first-order chi connectivity index (χ1) is 8.48. The Balaban J connectivity index is 2.09. The minimum Gasteiger partial charge on any atom is -0.323 e. The first kappa shape index (κ1) is 13.7.